The highest BCUT2D eigenvalue weighted by atomic mass is 19.1. The van der Waals surface area contributed by atoms with Gasteiger partial charge in [0.25, 0.3) is 0 Å². The van der Waals surface area contributed by atoms with Crippen LogP contribution in [-0.4, -0.2) is 56.8 Å². The first-order valence-electron chi connectivity index (χ1n) is 12.2. The topological polar surface area (TPSA) is 63.5 Å². The van der Waals surface area contributed by atoms with Gasteiger partial charge in [0.15, 0.2) is 0 Å². The highest BCUT2D eigenvalue weighted by molar-refractivity contribution is 5.93. The number of halogens is 2. The van der Waals surface area contributed by atoms with E-state index < -0.39 is 17.2 Å². The van der Waals surface area contributed by atoms with E-state index in [1.807, 2.05) is 31.9 Å². The van der Waals surface area contributed by atoms with Crippen molar-refractivity contribution in [3.8, 4) is 5.69 Å². The van der Waals surface area contributed by atoms with Gasteiger partial charge in [0.2, 0.25) is 0 Å². The van der Waals surface area contributed by atoms with Crippen molar-refractivity contribution >= 4 is 22.9 Å². The quantitative estimate of drug-likeness (QED) is 0.496. The zero-order chi connectivity index (χ0) is 24.9. The summed E-state index contributed by atoms with van der Waals surface area (Å²) >= 11 is 0. The maximum Gasteiger partial charge on any atom is 0.410 e. The van der Waals surface area contributed by atoms with Crippen LogP contribution in [0.5, 0.6) is 0 Å². The molecule has 3 aromatic rings. The lowest BCUT2D eigenvalue weighted by molar-refractivity contribution is 0.0136. The third-order valence-electron chi connectivity index (χ3n) is 6.62. The standard InChI is InChI=1S/C26H31F2N5O2/c1-5-19-13-31(8-9-32(19)25(34)35-26(2,3)4)23-22-21(16-6-7-16)14-33(24(22)30-15-29-23)20-11-17(27)10-18(28)12-20/h10-12,14-16,19H,5-9,13H2,1-4H3/t19-/m1/s1. The first-order chi connectivity index (χ1) is 16.6. The number of aromatic nitrogens is 3. The summed E-state index contributed by atoms with van der Waals surface area (Å²) in [5.74, 6) is -0.0805. The van der Waals surface area contributed by atoms with Crippen LogP contribution in [0.15, 0.2) is 30.7 Å². The lowest BCUT2D eigenvalue weighted by Gasteiger charge is -2.42. The Hall–Kier alpha value is -3.23. The van der Waals surface area contributed by atoms with Crippen LogP contribution in [0.25, 0.3) is 16.7 Å². The van der Waals surface area contributed by atoms with E-state index in [0.29, 0.717) is 36.9 Å². The Balaban J connectivity index is 1.52. The average Bonchev–Trinajstić information content (AvgIpc) is 3.56. The summed E-state index contributed by atoms with van der Waals surface area (Å²) < 4.78 is 35.4. The molecule has 3 heterocycles. The van der Waals surface area contributed by atoms with Gasteiger partial charge in [-0.2, -0.15) is 0 Å². The van der Waals surface area contributed by atoms with Gasteiger partial charge in [0.1, 0.15) is 35.0 Å². The monoisotopic (exact) mass is 483 g/mol. The number of carbonyl (C=O) groups excluding carboxylic acids is 1. The third-order valence-corrected chi connectivity index (χ3v) is 6.62. The molecule has 1 saturated carbocycles. The van der Waals surface area contributed by atoms with E-state index in [0.717, 1.165) is 42.1 Å². The molecule has 2 fully saturated rings. The molecule has 1 aromatic carbocycles. The highest BCUT2D eigenvalue weighted by Gasteiger charge is 2.35. The molecule has 9 heteroatoms. The van der Waals surface area contributed by atoms with E-state index in [1.165, 1.54) is 18.5 Å². The lowest BCUT2D eigenvalue weighted by Crippen LogP contribution is -2.56. The largest absolute Gasteiger partial charge is 0.444 e. The van der Waals surface area contributed by atoms with E-state index in [2.05, 4.69) is 21.8 Å². The van der Waals surface area contributed by atoms with Gasteiger partial charge in [0.05, 0.1) is 17.1 Å². The number of ether oxygens (including phenoxy) is 1. The second kappa shape index (κ2) is 8.77. The third kappa shape index (κ3) is 4.68. The van der Waals surface area contributed by atoms with Gasteiger partial charge in [-0.15, -0.1) is 0 Å². The Labute approximate surface area is 203 Å². The molecule has 0 N–H and O–H groups in total. The molecule has 2 aromatic heterocycles. The van der Waals surface area contributed by atoms with Crippen molar-refractivity contribution in [1.29, 1.82) is 0 Å². The van der Waals surface area contributed by atoms with Crippen LogP contribution >= 0.6 is 0 Å². The van der Waals surface area contributed by atoms with Gasteiger partial charge in [-0.25, -0.2) is 23.5 Å². The van der Waals surface area contributed by atoms with E-state index in [4.69, 9.17) is 4.74 Å². The summed E-state index contributed by atoms with van der Waals surface area (Å²) in [5.41, 5.74) is 1.57. The average molecular weight is 484 g/mol. The highest BCUT2D eigenvalue weighted by Crippen LogP contribution is 2.46. The minimum Gasteiger partial charge on any atom is -0.444 e. The SMILES string of the molecule is CC[C@@H]1CN(c2ncnc3c2c(C2CC2)cn3-c2cc(F)cc(F)c2)CCN1C(=O)OC(C)(C)C. The predicted octanol–water partition coefficient (Wildman–Crippen LogP) is 5.41. The van der Waals surface area contributed by atoms with Crippen molar-refractivity contribution in [2.75, 3.05) is 24.5 Å². The number of amides is 1. The van der Waals surface area contributed by atoms with Crippen LogP contribution in [-0.2, 0) is 4.74 Å². The van der Waals surface area contributed by atoms with Crippen molar-refractivity contribution in [1.82, 2.24) is 19.4 Å². The summed E-state index contributed by atoms with van der Waals surface area (Å²) in [7, 11) is 0. The molecule has 1 atom stereocenters. The molecule has 186 valence electrons. The van der Waals surface area contributed by atoms with Crippen molar-refractivity contribution in [2.24, 2.45) is 0 Å². The Kier molecular flexibility index (Phi) is 5.89. The van der Waals surface area contributed by atoms with Gasteiger partial charge >= 0.3 is 6.09 Å². The molecular weight excluding hydrogens is 452 g/mol. The van der Waals surface area contributed by atoms with Crippen molar-refractivity contribution in [3.05, 3.63) is 47.9 Å². The fourth-order valence-corrected chi connectivity index (χ4v) is 4.85. The summed E-state index contributed by atoms with van der Waals surface area (Å²) in [4.78, 5) is 26.0. The van der Waals surface area contributed by atoms with Crippen molar-refractivity contribution in [2.45, 2.75) is 64.5 Å². The summed E-state index contributed by atoms with van der Waals surface area (Å²) in [6, 6.07) is 3.47. The number of carbonyl (C=O) groups is 1. The molecule has 0 unspecified atom stereocenters. The van der Waals surface area contributed by atoms with Crippen LogP contribution in [0.3, 0.4) is 0 Å². The molecular formula is C26H31F2N5O2. The molecule has 1 amide bonds. The Morgan fingerprint density at radius 3 is 2.46 bits per heavy atom. The van der Waals surface area contributed by atoms with Gasteiger partial charge in [-0.3, -0.25) is 0 Å². The van der Waals surface area contributed by atoms with Crippen LogP contribution < -0.4 is 4.90 Å². The van der Waals surface area contributed by atoms with Crippen LogP contribution in [0, 0.1) is 11.6 Å². The summed E-state index contributed by atoms with van der Waals surface area (Å²) in [6.45, 7) is 9.41. The Morgan fingerprint density at radius 1 is 1.11 bits per heavy atom. The Morgan fingerprint density at radius 2 is 1.83 bits per heavy atom. The molecule has 2 aliphatic rings. The van der Waals surface area contributed by atoms with Crippen LogP contribution in [0.4, 0.5) is 19.4 Å². The van der Waals surface area contributed by atoms with E-state index in [1.54, 1.807) is 4.57 Å². The van der Waals surface area contributed by atoms with Gasteiger partial charge < -0.3 is 19.1 Å². The van der Waals surface area contributed by atoms with Gasteiger partial charge in [-0.1, -0.05) is 6.92 Å². The number of hydrogen-bond acceptors (Lipinski definition) is 5. The summed E-state index contributed by atoms with van der Waals surface area (Å²) in [6.07, 6.45) is 6.06. The number of fused-ring (bicyclic) bond motifs is 1. The summed E-state index contributed by atoms with van der Waals surface area (Å²) in [5, 5.41) is 0.917. The normalized spacial score (nSPS) is 18.9. The van der Waals surface area contributed by atoms with Crippen molar-refractivity contribution in [3.63, 3.8) is 0 Å². The van der Waals surface area contributed by atoms with Crippen LogP contribution in [0.2, 0.25) is 0 Å². The van der Waals surface area contributed by atoms with Crippen LogP contribution in [0.1, 0.15) is 58.4 Å². The molecule has 0 radical (unpaired) electrons. The predicted molar refractivity (Wildman–Crippen MR) is 130 cm³/mol. The number of benzene rings is 1. The number of nitrogens with zero attached hydrogens (tertiary/aromatic N) is 5. The molecule has 1 aliphatic carbocycles. The fraction of sp³-hybridized carbons (Fsp3) is 0.500. The Bertz CT molecular complexity index is 1240. The molecule has 1 aliphatic heterocycles. The molecule has 0 spiro atoms. The maximum atomic E-state index is 14.0. The van der Waals surface area contributed by atoms with E-state index in [9.17, 15) is 13.6 Å². The lowest BCUT2D eigenvalue weighted by atomic mass is 10.1. The minimum absolute atomic E-state index is 0.0209. The van der Waals surface area contributed by atoms with E-state index in [-0.39, 0.29) is 12.1 Å². The minimum atomic E-state index is -0.631. The number of piperazine rings is 1. The maximum absolute atomic E-state index is 14.0. The van der Waals surface area contributed by atoms with Gasteiger partial charge in [0, 0.05) is 31.9 Å². The molecule has 5 rings (SSSR count). The van der Waals surface area contributed by atoms with E-state index >= 15 is 0 Å². The smallest absolute Gasteiger partial charge is 0.410 e. The zero-order valence-electron chi connectivity index (χ0n) is 20.6. The van der Waals surface area contributed by atoms with Crippen molar-refractivity contribution < 1.29 is 18.3 Å². The molecule has 7 nitrogen and oxygen atoms in total. The number of hydrogen-bond donors (Lipinski definition) is 0. The zero-order valence-corrected chi connectivity index (χ0v) is 20.6. The fourth-order valence-electron chi connectivity index (χ4n) is 4.85. The molecule has 35 heavy (non-hydrogen) atoms. The number of anilines is 1. The molecule has 0 bridgehead atoms. The van der Waals surface area contributed by atoms with Gasteiger partial charge in [-0.05, 0) is 63.6 Å². The number of rotatable bonds is 4. The second-order valence-corrected chi connectivity index (χ2v) is 10.4. The first kappa shape index (κ1) is 23.5. The first-order valence-corrected chi connectivity index (χ1v) is 12.2. The second-order valence-electron chi connectivity index (χ2n) is 10.4. The molecule has 1 saturated heterocycles.